The third-order valence-electron chi connectivity index (χ3n) is 4.30. The van der Waals surface area contributed by atoms with Gasteiger partial charge in [-0.15, -0.1) is 0 Å². The van der Waals surface area contributed by atoms with Crippen molar-refractivity contribution in [2.24, 2.45) is 5.92 Å². The van der Waals surface area contributed by atoms with Gasteiger partial charge < -0.3 is 4.90 Å². The topological polar surface area (TPSA) is 54.5 Å². The summed E-state index contributed by atoms with van der Waals surface area (Å²) in [4.78, 5) is 14.1. The molecule has 0 radical (unpaired) electrons. The van der Waals surface area contributed by atoms with E-state index in [0.29, 0.717) is 6.07 Å². The molecule has 1 amide bonds. The minimum Gasteiger partial charge on any atom is -0.305 e. The lowest BCUT2D eigenvalue weighted by molar-refractivity contribution is -0.121. The van der Waals surface area contributed by atoms with E-state index < -0.39 is 33.3 Å². The van der Waals surface area contributed by atoms with Crippen LogP contribution in [0.15, 0.2) is 46.9 Å². The molecule has 138 valence electrons. The predicted molar refractivity (Wildman–Crippen MR) is 98.5 cm³/mol. The molecule has 0 bridgehead atoms. The van der Waals surface area contributed by atoms with Gasteiger partial charge in [-0.05, 0) is 36.2 Å². The molecular weight excluding hydrogens is 428 g/mol. The van der Waals surface area contributed by atoms with Crippen LogP contribution in [-0.2, 0) is 21.2 Å². The van der Waals surface area contributed by atoms with Crippen LogP contribution in [0, 0.1) is 17.6 Å². The zero-order chi connectivity index (χ0) is 18.9. The number of hydrogen-bond donors (Lipinski definition) is 0. The van der Waals surface area contributed by atoms with Crippen LogP contribution in [0.3, 0.4) is 0 Å². The average molecular weight is 444 g/mol. The summed E-state index contributed by atoms with van der Waals surface area (Å²) in [5, 5.41) is 0. The number of halogens is 3. The van der Waals surface area contributed by atoms with Gasteiger partial charge in [0.05, 0.1) is 29.7 Å². The van der Waals surface area contributed by atoms with Gasteiger partial charge in [-0.1, -0.05) is 28.1 Å². The summed E-state index contributed by atoms with van der Waals surface area (Å²) in [7, 11) is -3.26. The molecule has 0 spiro atoms. The fraction of sp³-hybridized carbons (Fsp3) is 0.278. The Balaban J connectivity index is 1.95. The van der Waals surface area contributed by atoms with Crippen molar-refractivity contribution in [1.82, 2.24) is 0 Å². The van der Waals surface area contributed by atoms with Crippen molar-refractivity contribution in [2.45, 2.75) is 13.0 Å². The second-order valence-corrected chi connectivity index (χ2v) is 9.39. The Kier molecular flexibility index (Phi) is 5.43. The van der Waals surface area contributed by atoms with Gasteiger partial charge in [-0.25, -0.2) is 17.2 Å². The molecule has 1 aliphatic rings. The van der Waals surface area contributed by atoms with Crippen LogP contribution in [-0.4, -0.2) is 25.8 Å². The standard InChI is InChI=1S/C18H16BrF2NO3S/c19-14-3-1-12(2-4-14)10-22(17-6-5-15(20)9-16(17)21)18(23)13-7-8-26(24,25)11-13/h1-6,9,13H,7-8,10-11H2/t13-/m0/s1. The maximum absolute atomic E-state index is 14.3. The van der Waals surface area contributed by atoms with E-state index in [-0.39, 0.29) is 30.2 Å². The molecule has 3 rings (SSSR count). The number of carbonyl (C=O) groups excluding carboxylic acids is 1. The molecular formula is C18H16BrF2NO3S. The summed E-state index contributed by atoms with van der Waals surface area (Å²) in [6, 6.07) is 10.1. The summed E-state index contributed by atoms with van der Waals surface area (Å²) in [5.74, 6) is -3.10. The number of benzene rings is 2. The van der Waals surface area contributed by atoms with Gasteiger partial charge in [0.15, 0.2) is 9.84 Å². The van der Waals surface area contributed by atoms with Crippen molar-refractivity contribution in [1.29, 1.82) is 0 Å². The van der Waals surface area contributed by atoms with Crippen LogP contribution < -0.4 is 4.90 Å². The lowest BCUT2D eigenvalue weighted by Gasteiger charge is -2.26. The Bertz CT molecular complexity index is 932. The van der Waals surface area contributed by atoms with Crippen LogP contribution in [0.1, 0.15) is 12.0 Å². The maximum Gasteiger partial charge on any atom is 0.231 e. The van der Waals surface area contributed by atoms with Crippen LogP contribution in [0.5, 0.6) is 0 Å². The Labute approximate surface area is 158 Å². The molecule has 0 unspecified atom stereocenters. The van der Waals surface area contributed by atoms with E-state index in [0.717, 1.165) is 16.1 Å². The summed E-state index contributed by atoms with van der Waals surface area (Å²) in [5.41, 5.74) is 0.676. The van der Waals surface area contributed by atoms with Gasteiger partial charge in [0.1, 0.15) is 11.6 Å². The summed E-state index contributed by atoms with van der Waals surface area (Å²) in [6.45, 7) is 0.0607. The molecule has 1 atom stereocenters. The number of amides is 1. The Morgan fingerprint density at radius 3 is 2.42 bits per heavy atom. The van der Waals surface area contributed by atoms with Gasteiger partial charge in [0.25, 0.3) is 0 Å². The van der Waals surface area contributed by atoms with Crippen molar-refractivity contribution in [2.75, 3.05) is 16.4 Å². The zero-order valence-corrected chi connectivity index (χ0v) is 16.1. The third kappa shape index (κ3) is 4.29. The van der Waals surface area contributed by atoms with Crippen molar-refractivity contribution >= 4 is 37.4 Å². The monoisotopic (exact) mass is 443 g/mol. The number of carbonyl (C=O) groups is 1. The largest absolute Gasteiger partial charge is 0.305 e. The quantitative estimate of drug-likeness (QED) is 0.723. The highest BCUT2D eigenvalue weighted by molar-refractivity contribution is 9.10. The molecule has 0 N–H and O–H groups in total. The number of sulfone groups is 1. The third-order valence-corrected chi connectivity index (χ3v) is 6.60. The smallest absolute Gasteiger partial charge is 0.231 e. The van der Waals surface area contributed by atoms with E-state index in [2.05, 4.69) is 15.9 Å². The Hall–Kier alpha value is -1.80. The van der Waals surface area contributed by atoms with Crippen LogP contribution in [0.25, 0.3) is 0 Å². The first-order chi connectivity index (χ1) is 12.2. The summed E-state index contributed by atoms with van der Waals surface area (Å²) < 4.78 is 51.8. The zero-order valence-electron chi connectivity index (χ0n) is 13.7. The van der Waals surface area contributed by atoms with Crippen LogP contribution >= 0.6 is 15.9 Å². The Morgan fingerprint density at radius 2 is 1.85 bits per heavy atom. The number of nitrogens with zero attached hydrogens (tertiary/aromatic N) is 1. The lowest BCUT2D eigenvalue weighted by Crippen LogP contribution is -2.37. The molecule has 1 fully saturated rings. The molecule has 1 saturated heterocycles. The SMILES string of the molecule is O=C([C@H]1CCS(=O)(=O)C1)N(Cc1ccc(Br)cc1)c1ccc(F)cc1F. The van der Waals surface area contributed by atoms with E-state index in [4.69, 9.17) is 0 Å². The van der Waals surface area contributed by atoms with Crippen LogP contribution in [0.4, 0.5) is 14.5 Å². The van der Waals surface area contributed by atoms with Crippen LogP contribution in [0.2, 0.25) is 0 Å². The average Bonchev–Trinajstić information content (AvgIpc) is 2.94. The van der Waals surface area contributed by atoms with Gasteiger partial charge in [-0.3, -0.25) is 4.79 Å². The van der Waals surface area contributed by atoms with E-state index in [1.54, 1.807) is 24.3 Å². The lowest BCUT2D eigenvalue weighted by atomic mass is 10.1. The van der Waals surface area contributed by atoms with E-state index >= 15 is 0 Å². The molecule has 1 aliphatic heterocycles. The van der Waals surface area contributed by atoms with Gasteiger partial charge >= 0.3 is 0 Å². The second-order valence-electron chi connectivity index (χ2n) is 6.25. The van der Waals surface area contributed by atoms with Gasteiger partial charge in [-0.2, -0.15) is 0 Å². The van der Waals surface area contributed by atoms with Crippen molar-refractivity contribution < 1.29 is 22.0 Å². The minimum atomic E-state index is -3.26. The number of hydrogen-bond acceptors (Lipinski definition) is 3. The van der Waals surface area contributed by atoms with E-state index in [9.17, 15) is 22.0 Å². The number of anilines is 1. The highest BCUT2D eigenvalue weighted by Crippen LogP contribution is 2.28. The molecule has 0 saturated carbocycles. The van der Waals surface area contributed by atoms with E-state index in [1.807, 2.05) is 0 Å². The summed E-state index contributed by atoms with van der Waals surface area (Å²) in [6.07, 6.45) is 0.209. The predicted octanol–water partition coefficient (Wildman–Crippen LogP) is 3.70. The number of rotatable bonds is 4. The van der Waals surface area contributed by atoms with Crippen molar-refractivity contribution in [3.63, 3.8) is 0 Å². The molecule has 26 heavy (non-hydrogen) atoms. The first kappa shape index (κ1) is 19.0. The van der Waals surface area contributed by atoms with Gasteiger partial charge in [0.2, 0.25) is 5.91 Å². The maximum atomic E-state index is 14.3. The highest BCUT2D eigenvalue weighted by atomic mass is 79.9. The molecule has 1 heterocycles. The highest BCUT2D eigenvalue weighted by Gasteiger charge is 2.36. The van der Waals surface area contributed by atoms with Crippen molar-refractivity contribution in [3.8, 4) is 0 Å². The second kappa shape index (κ2) is 7.44. The molecule has 0 aliphatic carbocycles. The van der Waals surface area contributed by atoms with Crippen molar-refractivity contribution in [3.05, 3.63) is 64.1 Å². The van der Waals surface area contributed by atoms with Gasteiger partial charge in [0, 0.05) is 10.5 Å². The Morgan fingerprint density at radius 1 is 1.15 bits per heavy atom. The normalized spacial score (nSPS) is 18.7. The molecule has 2 aromatic rings. The summed E-state index contributed by atoms with van der Waals surface area (Å²) >= 11 is 3.32. The first-order valence-corrected chi connectivity index (χ1v) is 10.6. The molecule has 2 aromatic carbocycles. The molecule has 8 heteroatoms. The minimum absolute atomic E-state index is 0.0541. The first-order valence-electron chi connectivity index (χ1n) is 7.96. The fourth-order valence-electron chi connectivity index (χ4n) is 2.96. The van der Waals surface area contributed by atoms with E-state index in [1.165, 1.54) is 11.0 Å². The molecule has 0 aromatic heterocycles. The molecule has 4 nitrogen and oxygen atoms in total. The fourth-order valence-corrected chi connectivity index (χ4v) is 4.96.